The highest BCUT2D eigenvalue weighted by Gasteiger charge is 2.47. The number of pyridine rings is 2. The molecule has 3 heterocycles. The fourth-order valence-corrected chi connectivity index (χ4v) is 5.37. The van der Waals surface area contributed by atoms with Gasteiger partial charge in [0, 0.05) is 34.9 Å². The molecule has 1 atom stereocenters. The van der Waals surface area contributed by atoms with Crippen LogP contribution in [0.4, 0.5) is 0 Å². The van der Waals surface area contributed by atoms with Crippen LogP contribution in [0.15, 0.2) is 29.1 Å². The summed E-state index contributed by atoms with van der Waals surface area (Å²) < 4.78 is 7.48. The summed E-state index contributed by atoms with van der Waals surface area (Å²) >= 11 is 0. The van der Waals surface area contributed by atoms with E-state index in [1.165, 1.54) is 0 Å². The second-order valence-corrected chi connectivity index (χ2v) is 8.72. The molecule has 1 N–H and O–H groups in total. The topological polar surface area (TPSA) is 98.5 Å². The van der Waals surface area contributed by atoms with Gasteiger partial charge in [0.1, 0.15) is 5.75 Å². The minimum absolute atomic E-state index is 0.150. The van der Waals surface area contributed by atoms with Gasteiger partial charge < -0.3 is 14.4 Å². The van der Waals surface area contributed by atoms with E-state index in [9.17, 15) is 19.5 Å². The Hall–Kier alpha value is -3.48. The van der Waals surface area contributed by atoms with Crippen LogP contribution in [0.5, 0.6) is 5.75 Å². The average molecular weight is 447 g/mol. The largest absolute Gasteiger partial charge is 0.508 e. The number of fused-ring (bicyclic) bond motifs is 5. The van der Waals surface area contributed by atoms with Gasteiger partial charge in [-0.2, -0.15) is 0 Å². The molecule has 2 aliphatic rings. The van der Waals surface area contributed by atoms with E-state index in [2.05, 4.69) is 0 Å². The van der Waals surface area contributed by atoms with E-state index in [1.54, 1.807) is 29.7 Å². The Labute approximate surface area is 191 Å². The van der Waals surface area contributed by atoms with E-state index in [0.717, 1.165) is 28.5 Å². The molecule has 0 saturated heterocycles. The SMILES string of the molecule is CCC(=O)O[C@]1(CC)C(=O)CCc2c1cc1n(c2=O)Cc2c-1nc1ccc(O)cc1c2CC. The lowest BCUT2D eigenvalue weighted by molar-refractivity contribution is -0.170. The Balaban J connectivity index is 1.80. The number of aromatic hydroxyl groups is 1. The van der Waals surface area contributed by atoms with E-state index in [1.807, 2.05) is 19.9 Å². The molecular formula is C26H26N2O5. The van der Waals surface area contributed by atoms with E-state index in [4.69, 9.17) is 9.72 Å². The molecule has 0 radical (unpaired) electrons. The first-order valence-electron chi connectivity index (χ1n) is 11.5. The fourth-order valence-electron chi connectivity index (χ4n) is 5.37. The van der Waals surface area contributed by atoms with Crippen LogP contribution in [0, 0.1) is 0 Å². The van der Waals surface area contributed by atoms with Crippen LogP contribution in [0.3, 0.4) is 0 Å². The first-order chi connectivity index (χ1) is 15.8. The molecule has 0 fully saturated rings. The molecule has 0 spiro atoms. The van der Waals surface area contributed by atoms with Gasteiger partial charge >= 0.3 is 5.97 Å². The Morgan fingerprint density at radius 1 is 1.15 bits per heavy atom. The maximum absolute atomic E-state index is 13.6. The highest BCUT2D eigenvalue weighted by molar-refractivity contribution is 5.94. The number of carbonyl (C=O) groups is 2. The van der Waals surface area contributed by atoms with Gasteiger partial charge in [0.25, 0.3) is 5.56 Å². The summed E-state index contributed by atoms with van der Waals surface area (Å²) in [6.07, 6.45) is 1.64. The number of hydrogen-bond donors (Lipinski definition) is 1. The normalized spacial score (nSPS) is 18.7. The molecule has 0 saturated carbocycles. The number of carbonyl (C=O) groups excluding carboxylic acids is 2. The Morgan fingerprint density at radius 2 is 1.94 bits per heavy atom. The van der Waals surface area contributed by atoms with Crippen molar-refractivity contribution in [3.63, 3.8) is 0 Å². The van der Waals surface area contributed by atoms with Gasteiger partial charge in [-0.1, -0.05) is 20.8 Å². The number of aromatic nitrogens is 2. The second-order valence-electron chi connectivity index (χ2n) is 8.72. The minimum atomic E-state index is -1.44. The summed E-state index contributed by atoms with van der Waals surface area (Å²) in [5.41, 5.74) is 3.51. The lowest BCUT2D eigenvalue weighted by Crippen LogP contribution is -2.46. The third-order valence-corrected chi connectivity index (χ3v) is 7.06. The summed E-state index contributed by atoms with van der Waals surface area (Å²) in [6.45, 7) is 5.93. The molecular weight excluding hydrogens is 420 g/mol. The Bertz CT molecular complexity index is 1400. The maximum atomic E-state index is 13.6. The van der Waals surface area contributed by atoms with Crippen molar-refractivity contribution in [2.45, 2.75) is 65.0 Å². The number of rotatable bonds is 4. The van der Waals surface area contributed by atoms with Crippen LogP contribution in [0.2, 0.25) is 0 Å². The molecule has 1 aliphatic carbocycles. The number of Topliss-reactive ketones (excluding diaryl/α,β-unsaturated/α-hetero) is 1. The quantitative estimate of drug-likeness (QED) is 0.479. The zero-order chi connectivity index (χ0) is 23.5. The van der Waals surface area contributed by atoms with Gasteiger partial charge in [0.05, 0.1) is 23.4 Å². The van der Waals surface area contributed by atoms with Crippen molar-refractivity contribution in [3.8, 4) is 17.1 Å². The van der Waals surface area contributed by atoms with Crippen LogP contribution in [-0.4, -0.2) is 26.4 Å². The number of phenolic OH excluding ortho intramolecular Hbond substituents is 1. The molecule has 7 nitrogen and oxygen atoms in total. The van der Waals surface area contributed by atoms with Gasteiger partial charge in [-0.25, -0.2) is 4.98 Å². The second kappa shape index (κ2) is 7.54. The predicted octanol–water partition coefficient (Wildman–Crippen LogP) is 3.77. The van der Waals surface area contributed by atoms with Gasteiger partial charge in [-0.3, -0.25) is 14.4 Å². The molecule has 0 bridgehead atoms. The Morgan fingerprint density at radius 3 is 2.64 bits per heavy atom. The first-order valence-corrected chi connectivity index (χ1v) is 11.5. The zero-order valence-electron chi connectivity index (χ0n) is 19.0. The monoisotopic (exact) mass is 446 g/mol. The van der Waals surface area contributed by atoms with E-state index in [0.29, 0.717) is 35.5 Å². The predicted molar refractivity (Wildman–Crippen MR) is 123 cm³/mol. The number of hydrogen-bond acceptors (Lipinski definition) is 6. The van der Waals surface area contributed by atoms with Crippen molar-refractivity contribution >= 4 is 22.7 Å². The molecule has 1 aliphatic heterocycles. The summed E-state index contributed by atoms with van der Waals surface area (Å²) in [4.78, 5) is 43.9. The van der Waals surface area contributed by atoms with E-state index in [-0.39, 0.29) is 36.4 Å². The number of aryl methyl sites for hydroxylation is 1. The van der Waals surface area contributed by atoms with Crippen LogP contribution < -0.4 is 5.56 Å². The van der Waals surface area contributed by atoms with Gasteiger partial charge in [-0.15, -0.1) is 0 Å². The van der Waals surface area contributed by atoms with Crippen LogP contribution >= 0.6 is 0 Å². The van der Waals surface area contributed by atoms with Crippen molar-refractivity contribution in [1.82, 2.24) is 9.55 Å². The molecule has 5 rings (SSSR count). The van der Waals surface area contributed by atoms with Crippen molar-refractivity contribution in [1.29, 1.82) is 0 Å². The van der Waals surface area contributed by atoms with Gasteiger partial charge in [0.2, 0.25) is 0 Å². The summed E-state index contributed by atoms with van der Waals surface area (Å²) in [6, 6.07) is 6.92. The smallest absolute Gasteiger partial charge is 0.306 e. The van der Waals surface area contributed by atoms with Crippen molar-refractivity contribution < 1.29 is 19.4 Å². The lowest BCUT2D eigenvalue weighted by Gasteiger charge is -2.36. The molecule has 7 heteroatoms. The minimum Gasteiger partial charge on any atom is -0.508 e. The highest BCUT2D eigenvalue weighted by Crippen LogP contribution is 2.43. The zero-order valence-corrected chi connectivity index (χ0v) is 19.0. The number of benzene rings is 1. The summed E-state index contributed by atoms with van der Waals surface area (Å²) in [7, 11) is 0. The van der Waals surface area contributed by atoms with Crippen molar-refractivity contribution in [3.05, 3.63) is 56.9 Å². The molecule has 33 heavy (non-hydrogen) atoms. The van der Waals surface area contributed by atoms with E-state index >= 15 is 0 Å². The van der Waals surface area contributed by atoms with Crippen molar-refractivity contribution in [2.24, 2.45) is 0 Å². The van der Waals surface area contributed by atoms with Gasteiger partial charge in [0.15, 0.2) is 11.4 Å². The van der Waals surface area contributed by atoms with Crippen LogP contribution in [0.1, 0.15) is 62.3 Å². The van der Waals surface area contributed by atoms with Crippen LogP contribution in [0.25, 0.3) is 22.3 Å². The first kappa shape index (κ1) is 21.4. The summed E-state index contributed by atoms with van der Waals surface area (Å²) in [5.74, 6) is -0.458. The van der Waals surface area contributed by atoms with Crippen LogP contribution in [-0.2, 0) is 39.3 Å². The molecule has 170 valence electrons. The molecule has 0 unspecified atom stereocenters. The third-order valence-electron chi connectivity index (χ3n) is 7.06. The molecule has 1 aromatic carbocycles. The Kier molecular flexibility index (Phi) is 4.88. The molecule has 0 amide bonds. The van der Waals surface area contributed by atoms with Gasteiger partial charge in [-0.05, 0) is 49.1 Å². The van der Waals surface area contributed by atoms with E-state index < -0.39 is 11.6 Å². The number of esters is 1. The molecule has 2 aromatic heterocycles. The number of nitrogens with zero attached hydrogens (tertiary/aromatic N) is 2. The number of ether oxygens (including phenoxy) is 1. The number of phenols is 1. The highest BCUT2D eigenvalue weighted by atomic mass is 16.6. The third kappa shape index (κ3) is 2.95. The fraction of sp³-hybridized carbons (Fsp3) is 0.385. The maximum Gasteiger partial charge on any atom is 0.306 e. The average Bonchev–Trinajstić information content (AvgIpc) is 3.18. The lowest BCUT2D eigenvalue weighted by atomic mass is 9.76. The standard InChI is InChI=1S/C26H26N2O5/c1-4-15-17-11-14(29)7-9-20(17)27-24-18(15)13-28-21(24)12-19-16(25(28)32)8-10-22(30)26(19,6-3)33-23(31)5-2/h7,9,11-12,29H,4-6,8,10,13H2,1-3H3/t26-/m0/s1. The van der Waals surface area contributed by atoms with Crippen molar-refractivity contribution in [2.75, 3.05) is 0 Å². The summed E-state index contributed by atoms with van der Waals surface area (Å²) in [5, 5.41) is 10.9. The number of ketones is 1. The molecule has 3 aromatic rings.